The molecule has 2 rings (SSSR count). The Morgan fingerprint density at radius 1 is 1.12 bits per heavy atom. The summed E-state index contributed by atoms with van der Waals surface area (Å²) in [5.74, 6) is 0.775. The highest BCUT2D eigenvalue weighted by Gasteiger charge is 2.25. The first-order valence-corrected chi connectivity index (χ1v) is 7.43. The van der Waals surface area contributed by atoms with E-state index < -0.39 is 0 Å². The van der Waals surface area contributed by atoms with Gasteiger partial charge in [0.05, 0.1) is 0 Å². The van der Waals surface area contributed by atoms with Crippen LogP contribution in [0.4, 0.5) is 0 Å². The first kappa shape index (κ1) is 13.0. The quantitative estimate of drug-likeness (QED) is 0.661. The van der Waals surface area contributed by atoms with Crippen molar-refractivity contribution in [3.8, 4) is 0 Å². The molecule has 1 aliphatic rings. The van der Waals surface area contributed by atoms with E-state index in [-0.39, 0.29) is 0 Å². The summed E-state index contributed by atoms with van der Waals surface area (Å²) in [4.78, 5) is 0. The van der Waals surface area contributed by atoms with Crippen LogP contribution in [0.2, 0.25) is 0 Å². The molecule has 0 amide bonds. The molecular formula is C16H23Cl. The highest BCUT2D eigenvalue weighted by Crippen LogP contribution is 2.33. The fraction of sp³-hybridized carbons (Fsp3) is 0.625. The standard InChI is InChI=1S/C16H23Cl/c1-3-16(4-2,12-17)11-13-8-9-14-6-5-7-15(14)10-13/h8-10H,3-7,11-12H2,1-2H3. The van der Waals surface area contributed by atoms with E-state index in [1.54, 1.807) is 11.1 Å². The van der Waals surface area contributed by atoms with Crippen LogP contribution in [0.5, 0.6) is 0 Å². The van der Waals surface area contributed by atoms with Crippen molar-refractivity contribution in [1.82, 2.24) is 0 Å². The van der Waals surface area contributed by atoms with Crippen molar-refractivity contribution in [2.24, 2.45) is 5.41 Å². The van der Waals surface area contributed by atoms with Gasteiger partial charge in [-0.2, -0.15) is 0 Å². The number of alkyl halides is 1. The van der Waals surface area contributed by atoms with E-state index in [2.05, 4.69) is 32.0 Å². The maximum absolute atomic E-state index is 6.19. The molecule has 0 saturated heterocycles. The molecule has 0 bridgehead atoms. The zero-order valence-corrected chi connectivity index (χ0v) is 11.8. The first-order chi connectivity index (χ1) is 8.23. The SMILES string of the molecule is CCC(CC)(CCl)Cc1ccc2c(c1)CCC2. The third-order valence-corrected chi connectivity index (χ3v) is 5.09. The van der Waals surface area contributed by atoms with E-state index in [1.807, 2.05) is 0 Å². The molecule has 0 radical (unpaired) electrons. The lowest BCUT2D eigenvalue weighted by Crippen LogP contribution is -2.24. The van der Waals surface area contributed by atoms with Crippen molar-refractivity contribution in [2.75, 3.05) is 5.88 Å². The van der Waals surface area contributed by atoms with E-state index in [4.69, 9.17) is 11.6 Å². The van der Waals surface area contributed by atoms with Crippen LogP contribution in [0, 0.1) is 5.41 Å². The van der Waals surface area contributed by atoms with Crippen LogP contribution in [0.15, 0.2) is 18.2 Å². The molecule has 0 saturated carbocycles. The minimum atomic E-state index is 0.300. The van der Waals surface area contributed by atoms with Crippen molar-refractivity contribution >= 4 is 11.6 Å². The summed E-state index contributed by atoms with van der Waals surface area (Å²) < 4.78 is 0. The fourth-order valence-electron chi connectivity index (χ4n) is 2.90. The first-order valence-electron chi connectivity index (χ1n) is 6.89. The second-order valence-corrected chi connectivity index (χ2v) is 5.74. The zero-order valence-electron chi connectivity index (χ0n) is 11.1. The third kappa shape index (κ3) is 2.68. The van der Waals surface area contributed by atoms with Crippen LogP contribution in [0.3, 0.4) is 0 Å². The van der Waals surface area contributed by atoms with Crippen LogP contribution in [-0.4, -0.2) is 5.88 Å². The summed E-state index contributed by atoms with van der Waals surface area (Å²) in [6, 6.07) is 7.08. The Balaban J connectivity index is 2.18. The second kappa shape index (κ2) is 5.44. The third-order valence-electron chi connectivity index (χ3n) is 4.53. The molecule has 0 aliphatic heterocycles. The predicted molar refractivity (Wildman–Crippen MR) is 75.9 cm³/mol. The number of rotatable bonds is 5. The van der Waals surface area contributed by atoms with Gasteiger partial charge < -0.3 is 0 Å². The van der Waals surface area contributed by atoms with Crippen molar-refractivity contribution in [3.05, 3.63) is 34.9 Å². The van der Waals surface area contributed by atoms with Crippen LogP contribution in [0.1, 0.15) is 49.8 Å². The minimum Gasteiger partial charge on any atom is -0.126 e. The molecule has 0 N–H and O–H groups in total. The minimum absolute atomic E-state index is 0.300. The second-order valence-electron chi connectivity index (χ2n) is 5.47. The van der Waals surface area contributed by atoms with Crippen LogP contribution < -0.4 is 0 Å². The molecule has 0 fully saturated rings. The molecule has 17 heavy (non-hydrogen) atoms. The Labute approximate surface area is 110 Å². The number of benzene rings is 1. The number of aryl methyl sites for hydroxylation is 2. The number of halogens is 1. The lowest BCUT2D eigenvalue weighted by molar-refractivity contribution is 0.302. The Morgan fingerprint density at radius 2 is 1.82 bits per heavy atom. The summed E-state index contributed by atoms with van der Waals surface area (Å²) in [5, 5.41) is 0. The molecular weight excluding hydrogens is 228 g/mol. The summed E-state index contributed by atoms with van der Waals surface area (Å²) >= 11 is 6.19. The van der Waals surface area contributed by atoms with Gasteiger partial charge in [0, 0.05) is 5.88 Å². The molecule has 1 aliphatic carbocycles. The molecule has 0 heterocycles. The van der Waals surface area contributed by atoms with E-state index in [1.165, 1.54) is 37.7 Å². The maximum atomic E-state index is 6.19. The lowest BCUT2D eigenvalue weighted by atomic mass is 9.78. The predicted octanol–water partition coefficient (Wildman–Crippen LogP) is 4.76. The van der Waals surface area contributed by atoms with Gasteiger partial charge in [-0.25, -0.2) is 0 Å². The molecule has 1 aromatic rings. The maximum Gasteiger partial charge on any atom is 0.0282 e. The number of hydrogen-bond donors (Lipinski definition) is 0. The van der Waals surface area contributed by atoms with Gasteiger partial charge in [0.2, 0.25) is 0 Å². The average Bonchev–Trinajstić information content (AvgIpc) is 2.83. The zero-order chi connectivity index (χ0) is 12.3. The van der Waals surface area contributed by atoms with Crippen LogP contribution in [0.25, 0.3) is 0 Å². The van der Waals surface area contributed by atoms with Crippen molar-refractivity contribution in [2.45, 2.75) is 52.4 Å². The molecule has 0 aromatic heterocycles. The van der Waals surface area contributed by atoms with Gasteiger partial charge in [-0.15, -0.1) is 11.6 Å². The smallest absolute Gasteiger partial charge is 0.0282 e. The molecule has 0 atom stereocenters. The van der Waals surface area contributed by atoms with Crippen LogP contribution in [-0.2, 0) is 19.3 Å². The topological polar surface area (TPSA) is 0 Å². The summed E-state index contributed by atoms with van der Waals surface area (Å²) in [6.45, 7) is 4.53. The van der Waals surface area contributed by atoms with Gasteiger partial charge in [0.15, 0.2) is 0 Å². The van der Waals surface area contributed by atoms with Crippen LogP contribution >= 0.6 is 11.6 Å². The summed E-state index contributed by atoms with van der Waals surface area (Å²) in [6.07, 6.45) is 7.36. The van der Waals surface area contributed by atoms with Gasteiger partial charge >= 0.3 is 0 Å². The molecule has 94 valence electrons. The van der Waals surface area contributed by atoms with Gasteiger partial charge in [-0.3, -0.25) is 0 Å². The van der Waals surface area contributed by atoms with Gasteiger partial charge in [0.1, 0.15) is 0 Å². The molecule has 0 spiro atoms. The van der Waals surface area contributed by atoms with Gasteiger partial charge in [-0.1, -0.05) is 32.0 Å². The number of fused-ring (bicyclic) bond motifs is 1. The monoisotopic (exact) mass is 250 g/mol. The Morgan fingerprint density at radius 3 is 2.47 bits per heavy atom. The molecule has 0 unspecified atom stereocenters. The summed E-state index contributed by atoms with van der Waals surface area (Å²) in [5.41, 5.74) is 4.93. The normalized spacial score (nSPS) is 15.0. The largest absolute Gasteiger partial charge is 0.126 e. The Kier molecular flexibility index (Phi) is 4.14. The van der Waals surface area contributed by atoms with Gasteiger partial charge in [0.25, 0.3) is 0 Å². The average molecular weight is 251 g/mol. The van der Waals surface area contributed by atoms with E-state index in [0.29, 0.717) is 5.41 Å². The van der Waals surface area contributed by atoms with Crippen molar-refractivity contribution < 1.29 is 0 Å². The highest BCUT2D eigenvalue weighted by atomic mass is 35.5. The van der Waals surface area contributed by atoms with E-state index >= 15 is 0 Å². The Hall–Kier alpha value is -0.490. The van der Waals surface area contributed by atoms with E-state index in [0.717, 1.165) is 12.3 Å². The fourth-order valence-corrected chi connectivity index (χ4v) is 3.38. The molecule has 1 aromatic carbocycles. The molecule has 0 nitrogen and oxygen atoms in total. The molecule has 1 heteroatoms. The lowest BCUT2D eigenvalue weighted by Gasteiger charge is -2.29. The number of hydrogen-bond acceptors (Lipinski definition) is 0. The van der Waals surface area contributed by atoms with E-state index in [9.17, 15) is 0 Å². The highest BCUT2D eigenvalue weighted by molar-refractivity contribution is 6.18. The Bertz CT molecular complexity index is 369. The van der Waals surface area contributed by atoms with Crippen molar-refractivity contribution in [1.29, 1.82) is 0 Å². The summed E-state index contributed by atoms with van der Waals surface area (Å²) in [7, 11) is 0. The van der Waals surface area contributed by atoms with Crippen molar-refractivity contribution in [3.63, 3.8) is 0 Å². The van der Waals surface area contributed by atoms with Gasteiger partial charge in [-0.05, 0) is 60.6 Å².